The molecule has 0 bridgehead atoms. The standard InChI is InChI=1S/C18H41NO2S2/c1-13-16(5,6)22(10,11)21-17(7,8)18(9)14-19-23(18,12)20-15(2,3)4/h19H,13-14H2,1-12H3. The summed E-state index contributed by atoms with van der Waals surface area (Å²) < 4.78 is 17.2. The maximum absolute atomic E-state index is 6.88. The quantitative estimate of drug-likeness (QED) is 0.682. The van der Waals surface area contributed by atoms with Crippen molar-refractivity contribution in [2.75, 3.05) is 25.3 Å². The van der Waals surface area contributed by atoms with Crippen LogP contribution in [0.3, 0.4) is 0 Å². The van der Waals surface area contributed by atoms with Crippen molar-refractivity contribution in [3.05, 3.63) is 0 Å². The first-order chi connectivity index (χ1) is 9.93. The van der Waals surface area contributed by atoms with Crippen LogP contribution < -0.4 is 4.72 Å². The lowest BCUT2D eigenvalue weighted by molar-refractivity contribution is 0.0562. The molecule has 1 aliphatic heterocycles. The molecule has 0 aromatic rings. The third-order valence-electron chi connectivity index (χ3n) is 5.83. The van der Waals surface area contributed by atoms with Gasteiger partial charge in [0, 0.05) is 17.5 Å². The second-order valence-electron chi connectivity index (χ2n) is 9.53. The zero-order chi connectivity index (χ0) is 18.5. The maximum atomic E-state index is 6.88. The molecule has 0 amide bonds. The molecule has 3 nitrogen and oxygen atoms in total. The first-order valence-corrected chi connectivity index (χ1v) is 12.9. The highest BCUT2D eigenvalue weighted by Crippen LogP contribution is 2.69. The van der Waals surface area contributed by atoms with E-state index in [4.69, 9.17) is 8.37 Å². The van der Waals surface area contributed by atoms with E-state index in [1.54, 1.807) is 0 Å². The van der Waals surface area contributed by atoms with E-state index >= 15 is 0 Å². The van der Waals surface area contributed by atoms with Gasteiger partial charge in [-0.25, -0.2) is 0 Å². The Bertz CT molecular complexity index is 443. The van der Waals surface area contributed by atoms with Crippen LogP contribution in [-0.2, 0) is 8.37 Å². The summed E-state index contributed by atoms with van der Waals surface area (Å²) in [7, 11) is -2.57. The zero-order valence-corrected chi connectivity index (χ0v) is 19.2. The van der Waals surface area contributed by atoms with Gasteiger partial charge in [0.2, 0.25) is 0 Å². The molecule has 0 saturated carbocycles. The van der Waals surface area contributed by atoms with Crippen LogP contribution in [0.15, 0.2) is 0 Å². The van der Waals surface area contributed by atoms with Crippen LogP contribution in [0.2, 0.25) is 0 Å². The molecule has 1 N–H and O–H groups in total. The van der Waals surface area contributed by atoms with Crippen LogP contribution in [0.1, 0.15) is 68.7 Å². The molecule has 1 aliphatic rings. The number of hydrogen-bond donors (Lipinski definition) is 1. The minimum Gasteiger partial charge on any atom is -0.329 e. The fourth-order valence-electron chi connectivity index (χ4n) is 2.86. The SMILES string of the molecule is CCC(C)(C)S(C)(C)OC(C)(C)C1(C)CNS1(C)OC(C)(C)C. The highest BCUT2D eigenvalue weighted by molar-refractivity contribution is 8.30. The summed E-state index contributed by atoms with van der Waals surface area (Å²) in [6, 6.07) is 0. The van der Waals surface area contributed by atoms with Gasteiger partial charge in [-0.05, 0) is 60.5 Å². The molecule has 1 rings (SSSR count). The normalized spacial score (nSPS) is 33.7. The summed E-state index contributed by atoms with van der Waals surface area (Å²) in [5.41, 5.74) is -0.390. The Morgan fingerprint density at radius 2 is 1.57 bits per heavy atom. The summed E-state index contributed by atoms with van der Waals surface area (Å²) in [6.07, 6.45) is 8.00. The number of nitrogens with one attached hydrogen (secondary N) is 1. The summed E-state index contributed by atoms with van der Waals surface area (Å²) in [5, 5.41) is 0. The number of hydrogen-bond acceptors (Lipinski definition) is 3. The minimum absolute atomic E-state index is 0.00136. The van der Waals surface area contributed by atoms with Gasteiger partial charge in [-0.15, -0.1) is 10.3 Å². The van der Waals surface area contributed by atoms with E-state index in [1.165, 1.54) is 0 Å². The Labute approximate surface area is 148 Å². The van der Waals surface area contributed by atoms with Crippen molar-refractivity contribution in [1.82, 2.24) is 4.72 Å². The molecule has 23 heavy (non-hydrogen) atoms. The molecular formula is C18H41NO2S2. The Morgan fingerprint density at radius 3 is 1.87 bits per heavy atom. The smallest absolute Gasteiger partial charge is 0.0924 e. The van der Waals surface area contributed by atoms with Crippen molar-refractivity contribution in [3.63, 3.8) is 0 Å². The second kappa shape index (κ2) is 6.08. The van der Waals surface area contributed by atoms with Crippen molar-refractivity contribution < 1.29 is 8.37 Å². The Morgan fingerprint density at radius 1 is 1.09 bits per heavy atom. The molecule has 1 fully saturated rings. The van der Waals surface area contributed by atoms with E-state index in [9.17, 15) is 0 Å². The average Bonchev–Trinajstić information content (AvgIpc) is 2.32. The molecule has 0 radical (unpaired) electrons. The lowest BCUT2D eigenvalue weighted by atomic mass is 9.91. The van der Waals surface area contributed by atoms with E-state index in [0.717, 1.165) is 13.0 Å². The minimum atomic E-state index is -1.38. The molecular weight excluding hydrogens is 326 g/mol. The average molecular weight is 368 g/mol. The van der Waals surface area contributed by atoms with Crippen LogP contribution in [-0.4, -0.2) is 46.0 Å². The third kappa shape index (κ3) is 3.89. The van der Waals surface area contributed by atoms with Gasteiger partial charge in [-0.3, -0.25) is 4.72 Å². The van der Waals surface area contributed by atoms with E-state index < -0.39 is 20.8 Å². The fourth-order valence-corrected chi connectivity index (χ4v) is 8.27. The van der Waals surface area contributed by atoms with Gasteiger partial charge in [0.25, 0.3) is 0 Å². The highest BCUT2D eigenvalue weighted by Gasteiger charge is 2.62. The van der Waals surface area contributed by atoms with E-state index in [1.807, 2.05) is 0 Å². The molecule has 0 aliphatic carbocycles. The van der Waals surface area contributed by atoms with Crippen LogP contribution in [0.5, 0.6) is 0 Å². The maximum Gasteiger partial charge on any atom is 0.0924 e. The van der Waals surface area contributed by atoms with Gasteiger partial charge in [0.15, 0.2) is 0 Å². The largest absolute Gasteiger partial charge is 0.329 e. The van der Waals surface area contributed by atoms with Gasteiger partial charge in [-0.2, -0.15) is 0 Å². The van der Waals surface area contributed by atoms with Crippen molar-refractivity contribution >= 4 is 20.8 Å². The molecule has 5 heteroatoms. The molecule has 0 spiro atoms. The molecule has 2 unspecified atom stereocenters. The second-order valence-corrected chi connectivity index (χ2v) is 16.3. The van der Waals surface area contributed by atoms with Crippen molar-refractivity contribution in [2.45, 2.75) is 89.4 Å². The van der Waals surface area contributed by atoms with Crippen molar-refractivity contribution in [2.24, 2.45) is 0 Å². The van der Waals surface area contributed by atoms with Crippen LogP contribution in [0.25, 0.3) is 0 Å². The zero-order valence-electron chi connectivity index (χ0n) is 17.5. The van der Waals surface area contributed by atoms with Gasteiger partial charge >= 0.3 is 0 Å². The molecule has 1 heterocycles. The Hall–Kier alpha value is 0.580. The Balaban J connectivity index is 3.08. The summed E-state index contributed by atoms with van der Waals surface area (Å²) >= 11 is 0. The fraction of sp³-hybridized carbons (Fsp3) is 1.00. The molecule has 0 aromatic heterocycles. The van der Waals surface area contributed by atoms with Gasteiger partial charge in [0.05, 0.1) is 15.9 Å². The summed E-state index contributed by atoms with van der Waals surface area (Å²) in [6.45, 7) is 21.1. The van der Waals surface area contributed by atoms with Crippen LogP contribution in [0, 0.1) is 0 Å². The van der Waals surface area contributed by atoms with Crippen molar-refractivity contribution in [3.8, 4) is 0 Å². The van der Waals surface area contributed by atoms with E-state index in [-0.39, 0.29) is 20.7 Å². The predicted octanol–water partition coefficient (Wildman–Crippen LogP) is 5.39. The number of rotatable bonds is 6. The van der Waals surface area contributed by atoms with Crippen molar-refractivity contribution in [1.29, 1.82) is 0 Å². The van der Waals surface area contributed by atoms with E-state index in [0.29, 0.717) is 0 Å². The molecule has 142 valence electrons. The van der Waals surface area contributed by atoms with Gasteiger partial charge in [0.1, 0.15) is 0 Å². The molecule has 2 atom stereocenters. The van der Waals surface area contributed by atoms with E-state index in [2.05, 4.69) is 85.8 Å². The predicted molar refractivity (Wildman–Crippen MR) is 110 cm³/mol. The summed E-state index contributed by atoms with van der Waals surface area (Å²) in [5.74, 6) is 0. The first-order valence-electron chi connectivity index (χ1n) is 8.60. The lowest BCUT2D eigenvalue weighted by Crippen LogP contribution is -2.70. The first kappa shape index (κ1) is 21.6. The van der Waals surface area contributed by atoms with Gasteiger partial charge in [-0.1, -0.05) is 31.3 Å². The van der Waals surface area contributed by atoms with Crippen LogP contribution in [0.4, 0.5) is 0 Å². The Kier molecular flexibility index (Phi) is 5.72. The third-order valence-corrected chi connectivity index (χ3v) is 13.5. The van der Waals surface area contributed by atoms with Gasteiger partial charge < -0.3 is 8.37 Å². The highest BCUT2D eigenvalue weighted by atomic mass is 32.3. The van der Waals surface area contributed by atoms with Crippen LogP contribution >= 0.6 is 20.8 Å². The topological polar surface area (TPSA) is 30.5 Å². The summed E-state index contributed by atoms with van der Waals surface area (Å²) in [4.78, 5) is 0. The molecule has 0 aromatic carbocycles. The lowest BCUT2D eigenvalue weighted by Gasteiger charge is -2.68. The molecule has 1 saturated heterocycles. The monoisotopic (exact) mass is 367 g/mol.